The van der Waals surface area contributed by atoms with Crippen molar-refractivity contribution in [1.82, 2.24) is 4.90 Å². The number of carbonyl (C=O) groups is 1. The lowest BCUT2D eigenvalue weighted by atomic mass is 10.1. The Balaban J connectivity index is 1.71. The van der Waals surface area contributed by atoms with Crippen LogP contribution in [-0.4, -0.2) is 11.0 Å². The maximum atomic E-state index is 12.0. The summed E-state index contributed by atoms with van der Waals surface area (Å²) in [6.45, 7) is 1.12. The molecule has 3 rings (SSSR count). The van der Waals surface area contributed by atoms with Crippen LogP contribution in [0.25, 0.3) is 0 Å². The molecule has 0 unspecified atom stereocenters. The molecule has 0 aromatic heterocycles. The highest BCUT2D eigenvalue weighted by Crippen LogP contribution is 2.25. The fourth-order valence-electron chi connectivity index (χ4n) is 2.20. The molecule has 0 saturated heterocycles. The summed E-state index contributed by atoms with van der Waals surface area (Å²) in [4.78, 5) is 13.7. The molecule has 19 heavy (non-hydrogen) atoms. The van der Waals surface area contributed by atoms with Crippen LogP contribution in [0.5, 0.6) is 5.75 Å². The number of anilines is 1. The van der Waals surface area contributed by atoms with E-state index in [-0.39, 0.29) is 6.09 Å². The number of carbonyl (C=O) groups excluding carboxylic acids is 1. The van der Waals surface area contributed by atoms with E-state index in [0.29, 0.717) is 18.8 Å². The number of amides is 1. The molecule has 1 aliphatic heterocycles. The van der Waals surface area contributed by atoms with Crippen molar-refractivity contribution in [1.29, 1.82) is 0 Å². The van der Waals surface area contributed by atoms with E-state index in [2.05, 4.69) is 0 Å². The van der Waals surface area contributed by atoms with Crippen LogP contribution in [0.1, 0.15) is 11.1 Å². The van der Waals surface area contributed by atoms with Gasteiger partial charge in [0.1, 0.15) is 5.75 Å². The minimum Gasteiger partial charge on any atom is -0.410 e. The number of fused-ring (bicyclic) bond motifs is 1. The Morgan fingerprint density at radius 1 is 1.05 bits per heavy atom. The molecule has 2 N–H and O–H groups in total. The molecule has 0 radical (unpaired) electrons. The van der Waals surface area contributed by atoms with Gasteiger partial charge in [-0.3, -0.25) is 4.90 Å². The fourth-order valence-corrected chi connectivity index (χ4v) is 2.20. The Hall–Kier alpha value is -2.49. The molecule has 0 bridgehead atoms. The highest BCUT2D eigenvalue weighted by Gasteiger charge is 2.24. The van der Waals surface area contributed by atoms with Crippen LogP contribution in [0.15, 0.2) is 48.5 Å². The zero-order chi connectivity index (χ0) is 13.2. The van der Waals surface area contributed by atoms with Crippen molar-refractivity contribution >= 4 is 11.8 Å². The molecule has 0 fully saturated rings. The molecule has 1 aliphatic rings. The summed E-state index contributed by atoms with van der Waals surface area (Å²) in [5, 5.41) is 0. The van der Waals surface area contributed by atoms with E-state index in [1.807, 2.05) is 36.4 Å². The van der Waals surface area contributed by atoms with Gasteiger partial charge in [-0.15, -0.1) is 0 Å². The summed E-state index contributed by atoms with van der Waals surface area (Å²) in [5.41, 5.74) is 8.67. The first-order valence-electron chi connectivity index (χ1n) is 6.11. The zero-order valence-electron chi connectivity index (χ0n) is 10.4. The number of benzene rings is 2. The van der Waals surface area contributed by atoms with Gasteiger partial charge in [0.2, 0.25) is 0 Å². The van der Waals surface area contributed by atoms with Crippen molar-refractivity contribution in [2.75, 3.05) is 5.73 Å². The smallest absolute Gasteiger partial charge is 0.410 e. The van der Waals surface area contributed by atoms with Gasteiger partial charge in [-0.25, -0.2) is 4.79 Å². The van der Waals surface area contributed by atoms with Crippen molar-refractivity contribution in [2.45, 2.75) is 13.1 Å². The molecule has 2 aromatic rings. The third-order valence-corrected chi connectivity index (χ3v) is 3.16. The summed E-state index contributed by atoms with van der Waals surface area (Å²) in [6.07, 6.45) is -0.332. The second-order valence-electron chi connectivity index (χ2n) is 4.57. The van der Waals surface area contributed by atoms with Gasteiger partial charge in [-0.05, 0) is 35.4 Å². The van der Waals surface area contributed by atoms with Crippen LogP contribution in [0.4, 0.5) is 10.5 Å². The highest BCUT2D eigenvalue weighted by molar-refractivity contribution is 5.72. The van der Waals surface area contributed by atoms with Crippen LogP contribution < -0.4 is 10.5 Å². The minimum atomic E-state index is -0.332. The van der Waals surface area contributed by atoms with Crippen molar-refractivity contribution in [3.8, 4) is 5.75 Å². The van der Waals surface area contributed by atoms with E-state index < -0.39 is 0 Å². The summed E-state index contributed by atoms with van der Waals surface area (Å²) < 4.78 is 5.32. The molecule has 2 aromatic carbocycles. The van der Waals surface area contributed by atoms with E-state index >= 15 is 0 Å². The first kappa shape index (κ1) is 11.6. The van der Waals surface area contributed by atoms with E-state index in [1.54, 1.807) is 17.0 Å². The van der Waals surface area contributed by atoms with E-state index in [9.17, 15) is 4.79 Å². The van der Waals surface area contributed by atoms with Crippen LogP contribution in [0.2, 0.25) is 0 Å². The molecule has 0 saturated carbocycles. The summed E-state index contributed by atoms with van der Waals surface area (Å²) in [6, 6.07) is 14.8. The monoisotopic (exact) mass is 254 g/mol. The molecule has 0 atom stereocenters. The van der Waals surface area contributed by atoms with Crippen molar-refractivity contribution in [2.24, 2.45) is 0 Å². The molecular formula is C15H14N2O2. The quantitative estimate of drug-likeness (QED) is 0.796. The first-order chi connectivity index (χ1) is 9.22. The molecule has 0 spiro atoms. The molecule has 96 valence electrons. The van der Waals surface area contributed by atoms with Crippen LogP contribution in [0, 0.1) is 0 Å². The Bertz CT molecular complexity index is 611. The number of nitrogen functional groups attached to an aromatic ring is 1. The third-order valence-electron chi connectivity index (χ3n) is 3.16. The van der Waals surface area contributed by atoms with Gasteiger partial charge >= 0.3 is 6.09 Å². The van der Waals surface area contributed by atoms with Gasteiger partial charge in [0.25, 0.3) is 0 Å². The largest absolute Gasteiger partial charge is 0.415 e. The predicted molar refractivity (Wildman–Crippen MR) is 72.6 cm³/mol. The van der Waals surface area contributed by atoms with E-state index in [0.717, 1.165) is 16.8 Å². The van der Waals surface area contributed by atoms with Crippen molar-refractivity contribution < 1.29 is 9.53 Å². The van der Waals surface area contributed by atoms with Crippen molar-refractivity contribution in [3.05, 3.63) is 59.7 Å². The molecule has 1 heterocycles. The lowest BCUT2D eigenvalue weighted by Crippen LogP contribution is -2.28. The number of hydrogen-bond acceptors (Lipinski definition) is 3. The second-order valence-corrected chi connectivity index (χ2v) is 4.57. The van der Waals surface area contributed by atoms with Crippen LogP contribution >= 0.6 is 0 Å². The lowest BCUT2D eigenvalue weighted by molar-refractivity contribution is 0.152. The number of ether oxygens (including phenoxy) is 1. The summed E-state index contributed by atoms with van der Waals surface area (Å²) >= 11 is 0. The van der Waals surface area contributed by atoms with Crippen molar-refractivity contribution in [3.63, 3.8) is 0 Å². The Labute approximate surface area is 111 Å². The maximum Gasteiger partial charge on any atom is 0.415 e. The number of para-hydroxylation sites is 1. The Kier molecular flexibility index (Phi) is 2.83. The second kappa shape index (κ2) is 4.65. The third kappa shape index (κ3) is 2.38. The van der Waals surface area contributed by atoms with Gasteiger partial charge in [-0.2, -0.15) is 0 Å². The van der Waals surface area contributed by atoms with E-state index in [1.165, 1.54) is 0 Å². The molecule has 1 amide bonds. The number of nitrogens with two attached hydrogens (primary N) is 1. The normalized spacial score (nSPS) is 13.2. The highest BCUT2D eigenvalue weighted by atomic mass is 16.6. The van der Waals surface area contributed by atoms with Gasteiger partial charge in [0, 0.05) is 18.8 Å². The molecule has 4 heteroatoms. The van der Waals surface area contributed by atoms with Gasteiger partial charge in [0.15, 0.2) is 0 Å². The average Bonchev–Trinajstić information content (AvgIpc) is 2.83. The summed E-state index contributed by atoms with van der Waals surface area (Å²) in [5.74, 6) is 0.558. The minimum absolute atomic E-state index is 0.332. The molecule has 0 aliphatic carbocycles. The topological polar surface area (TPSA) is 55.6 Å². The van der Waals surface area contributed by atoms with Crippen LogP contribution in [0.3, 0.4) is 0 Å². The Morgan fingerprint density at radius 3 is 2.58 bits per heavy atom. The van der Waals surface area contributed by atoms with E-state index in [4.69, 9.17) is 10.5 Å². The average molecular weight is 254 g/mol. The lowest BCUT2D eigenvalue weighted by Gasteiger charge is -2.14. The number of nitrogens with zero attached hydrogens (tertiary/aromatic N) is 1. The standard InChI is InChI=1S/C15H14N2O2/c16-13-7-6-11-9-17(10-12(11)8-13)15(18)19-14-4-2-1-3-5-14/h1-8H,9-10,16H2. The SMILES string of the molecule is Nc1ccc2c(c1)CN(C(=O)Oc1ccccc1)C2. The van der Waals surface area contributed by atoms with Crippen LogP contribution in [-0.2, 0) is 13.1 Å². The van der Waals surface area contributed by atoms with Gasteiger partial charge < -0.3 is 10.5 Å². The zero-order valence-corrected chi connectivity index (χ0v) is 10.4. The van der Waals surface area contributed by atoms with Gasteiger partial charge in [-0.1, -0.05) is 24.3 Å². The number of rotatable bonds is 1. The molecule has 4 nitrogen and oxygen atoms in total. The predicted octanol–water partition coefficient (Wildman–Crippen LogP) is 2.78. The molecular weight excluding hydrogens is 240 g/mol. The Morgan fingerprint density at radius 2 is 1.79 bits per heavy atom. The van der Waals surface area contributed by atoms with Gasteiger partial charge in [0.05, 0.1) is 0 Å². The number of hydrogen-bond donors (Lipinski definition) is 1. The fraction of sp³-hybridized carbons (Fsp3) is 0.133. The first-order valence-corrected chi connectivity index (χ1v) is 6.11. The summed E-state index contributed by atoms with van der Waals surface area (Å²) in [7, 11) is 0. The maximum absolute atomic E-state index is 12.0.